The Labute approximate surface area is 144 Å². The number of hydrogen-bond donors (Lipinski definition) is 0. The molecule has 1 amide bonds. The van der Waals surface area contributed by atoms with E-state index < -0.39 is 0 Å². The lowest BCUT2D eigenvalue weighted by molar-refractivity contribution is -0.132. The second kappa shape index (κ2) is 6.87. The van der Waals surface area contributed by atoms with Crippen LogP contribution in [0.4, 0.5) is 0 Å². The van der Waals surface area contributed by atoms with Crippen LogP contribution in [0.15, 0.2) is 0 Å². The number of rotatable bonds is 5. The van der Waals surface area contributed by atoms with Crippen molar-refractivity contribution in [2.24, 2.45) is 11.8 Å². The molecular formula is C19H29N3O2. The summed E-state index contributed by atoms with van der Waals surface area (Å²) in [4.78, 5) is 14.6. The largest absolute Gasteiger partial charge is 0.376 e. The minimum Gasteiger partial charge on any atom is -0.376 e. The van der Waals surface area contributed by atoms with Gasteiger partial charge in [-0.1, -0.05) is 6.92 Å². The molecule has 3 heterocycles. The number of hydrogen-bond acceptors (Lipinski definition) is 3. The van der Waals surface area contributed by atoms with E-state index in [4.69, 9.17) is 9.84 Å². The fourth-order valence-electron chi connectivity index (χ4n) is 4.07. The van der Waals surface area contributed by atoms with Crippen molar-refractivity contribution in [3.05, 3.63) is 17.0 Å². The molecule has 1 unspecified atom stereocenters. The van der Waals surface area contributed by atoms with Crippen LogP contribution in [-0.4, -0.2) is 40.3 Å². The van der Waals surface area contributed by atoms with Crippen molar-refractivity contribution in [2.45, 2.75) is 65.0 Å². The summed E-state index contributed by atoms with van der Waals surface area (Å²) in [6.45, 7) is 6.63. The molecule has 1 saturated heterocycles. The Morgan fingerprint density at radius 1 is 1.33 bits per heavy atom. The summed E-state index contributed by atoms with van der Waals surface area (Å²) < 4.78 is 7.88. The number of aryl methyl sites for hydroxylation is 1. The topological polar surface area (TPSA) is 47.4 Å². The zero-order valence-electron chi connectivity index (χ0n) is 14.8. The van der Waals surface area contributed by atoms with Gasteiger partial charge < -0.3 is 9.64 Å². The van der Waals surface area contributed by atoms with E-state index in [1.807, 2.05) is 0 Å². The predicted octanol–water partition coefficient (Wildman–Crippen LogP) is 2.56. The van der Waals surface area contributed by atoms with E-state index in [1.54, 1.807) is 0 Å². The fraction of sp³-hybridized carbons (Fsp3) is 0.789. The molecule has 0 spiro atoms. The number of piperidine rings is 1. The second-order valence-corrected chi connectivity index (χ2v) is 7.89. The summed E-state index contributed by atoms with van der Waals surface area (Å²) >= 11 is 0. The average molecular weight is 331 g/mol. The van der Waals surface area contributed by atoms with Gasteiger partial charge in [0, 0.05) is 50.2 Å². The molecule has 3 aliphatic rings. The Morgan fingerprint density at radius 3 is 3.00 bits per heavy atom. The summed E-state index contributed by atoms with van der Waals surface area (Å²) in [5.74, 6) is 1.76. The maximum absolute atomic E-state index is 12.5. The number of amides is 1. The highest BCUT2D eigenvalue weighted by Gasteiger charge is 2.28. The van der Waals surface area contributed by atoms with Crippen LogP contribution < -0.4 is 0 Å². The Balaban J connectivity index is 1.42. The zero-order chi connectivity index (χ0) is 16.5. The lowest BCUT2D eigenvalue weighted by Gasteiger charge is -2.31. The normalized spacial score (nSPS) is 24.0. The van der Waals surface area contributed by atoms with E-state index in [1.165, 1.54) is 30.5 Å². The van der Waals surface area contributed by atoms with E-state index in [2.05, 4.69) is 16.5 Å². The molecule has 4 rings (SSSR count). The third-order valence-corrected chi connectivity index (χ3v) is 5.69. The average Bonchev–Trinajstić information content (AvgIpc) is 3.34. The summed E-state index contributed by atoms with van der Waals surface area (Å²) in [6.07, 6.45) is 7.38. The molecule has 1 aromatic rings. The summed E-state index contributed by atoms with van der Waals surface area (Å²) in [5, 5.41) is 4.87. The van der Waals surface area contributed by atoms with Gasteiger partial charge in [-0.3, -0.25) is 9.48 Å². The van der Waals surface area contributed by atoms with Gasteiger partial charge >= 0.3 is 0 Å². The molecule has 0 radical (unpaired) electrons. The van der Waals surface area contributed by atoms with Crippen molar-refractivity contribution in [1.82, 2.24) is 14.7 Å². The van der Waals surface area contributed by atoms with Gasteiger partial charge in [-0.05, 0) is 37.5 Å². The van der Waals surface area contributed by atoms with Crippen LogP contribution in [-0.2, 0) is 35.5 Å². The van der Waals surface area contributed by atoms with Crippen LogP contribution in [0.25, 0.3) is 0 Å². The SMILES string of the molecule is CC1CCCN(C(=O)CCc2nn(CC3CC3)c3c2COCC3)C1. The number of nitrogens with zero attached hydrogens (tertiary/aromatic N) is 3. The second-order valence-electron chi connectivity index (χ2n) is 7.89. The number of carbonyl (C=O) groups is 1. The Bertz CT molecular complexity index is 606. The highest BCUT2D eigenvalue weighted by Crippen LogP contribution is 2.32. The molecule has 5 heteroatoms. The molecule has 1 atom stereocenters. The van der Waals surface area contributed by atoms with Crippen molar-refractivity contribution in [2.75, 3.05) is 19.7 Å². The first kappa shape index (κ1) is 16.1. The highest BCUT2D eigenvalue weighted by molar-refractivity contribution is 5.76. The molecule has 2 aliphatic heterocycles. The molecule has 24 heavy (non-hydrogen) atoms. The van der Waals surface area contributed by atoms with Crippen molar-refractivity contribution >= 4 is 5.91 Å². The minimum absolute atomic E-state index is 0.295. The summed E-state index contributed by atoms with van der Waals surface area (Å²) in [6, 6.07) is 0. The van der Waals surface area contributed by atoms with Crippen LogP contribution in [0.2, 0.25) is 0 Å². The number of ether oxygens (including phenoxy) is 1. The number of carbonyl (C=O) groups excluding carboxylic acids is 1. The molecule has 5 nitrogen and oxygen atoms in total. The molecule has 0 aromatic carbocycles. The highest BCUT2D eigenvalue weighted by atomic mass is 16.5. The number of fused-ring (bicyclic) bond motifs is 1. The Hall–Kier alpha value is -1.36. The summed E-state index contributed by atoms with van der Waals surface area (Å²) in [5.41, 5.74) is 3.73. The van der Waals surface area contributed by atoms with Gasteiger partial charge in [-0.2, -0.15) is 5.10 Å². The van der Waals surface area contributed by atoms with Gasteiger partial charge in [0.25, 0.3) is 0 Å². The maximum atomic E-state index is 12.5. The molecule has 2 fully saturated rings. The first-order chi connectivity index (χ1) is 11.7. The van der Waals surface area contributed by atoms with Gasteiger partial charge in [0.1, 0.15) is 0 Å². The van der Waals surface area contributed by atoms with Crippen LogP contribution >= 0.6 is 0 Å². The van der Waals surface area contributed by atoms with Crippen LogP contribution in [0.5, 0.6) is 0 Å². The standard InChI is InChI=1S/C19H29N3O2/c1-14-3-2-9-21(11-14)19(23)7-6-17-16-13-24-10-8-18(16)22(20-17)12-15-4-5-15/h14-15H,2-13H2,1H3. The quantitative estimate of drug-likeness (QED) is 0.833. The molecule has 132 valence electrons. The number of aromatic nitrogens is 2. The lowest BCUT2D eigenvalue weighted by Crippen LogP contribution is -2.39. The lowest BCUT2D eigenvalue weighted by atomic mass is 9.99. The smallest absolute Gasteiger partial charge is 0.222 e. The van der Waals surface area contributed by atoms with E-state index in [0.717, 1.165) is 57.1 Å². The van der Waals surface area contributed by atoms with Crippen molar-refractivity contribution in [3.8, 4) is 0 Å². The van der Waals surface area contributed by atoms with E-state index in [9.17, 15) is 4.79 Å². The molecule has 0 N–H and O–H groups in total. The third kappa shape index (κ3) is 3.51. The zero-order valence-corrected chi connectivity index (χ0v) is 14.8. The van der Waals surface area contributed by atoms with Crippen molar-refractivity contribution in [1.29, 1.82) is 0 Å². The maximum Gasteiger partial charge on any atom is 0.222 e. The van der Waals surface area contributed by atoms with E-state index in [-0.39, 0.29) is 0 Å². The predicted molar refractivity (Wildman–Crippen MR) is 91.6 cm³/mol. The number of likely N-dealkylation sites (tertiary alicyclic amines) is 1. The molecular weight excluding hydrogens is 302 g/mol. The third-order valence-electron chi connectivity index (χ3n) is 5.69. The molecule has 0 bridgehead atoms. The van der Waals surface area contributed by atoms with Crippen LogP contribution in [0.1, 0.15) is 56.0 Å². The summed E-state index contributed by atoms with van der Waals surface area (Å²) in [7, 11) is 0. The fourth-order valence-corrected chi connectivity index (χ4v) is 4.07. The molecule has 1 aromatic heterocycles. The van der Waals surface area contributed by atoms with Gasteiger partial charge in [-0.25, -0.2) is 0 Å². The van der Waals surface area contributed by atoms with E-state index in [0.29, 0.717) is 24.9 Å². The van der Waals surface area contributed by atoms with Gasteiger partial charge in [0.2, 0.25) is 5.91 Å². The monoisotopic (exact) mass is 331 g/mol. The van der Waals surface area contributed by atoms with E-state index >= 15 is 0 Å². The van der Waals surface area contributed by atoms with Gasteiger partial charge in [-0.15, -0.1) is 0 Å². The van der Waals surface area contributed by atoms with Crippen LogP contribution in [0.3, 0.4) is 0 Å². The van der Waals surface area contributed by atoms with Gasteiger partial charge in [0.05, 0.1) is 18.9 Å². The van der Waals surface area contributed by atoms with Crippen LogP contribution in [0, 0.1) is 11.8 Å². The first-order valence-corrected chi connectivity index (χ1v) is 9.63. The van der Waals surface area contributed by atoms with Crippen molar-refractivity contribution < 1.29 is 9.53 Å². The van der Waals surface area contributed by atoms with Crippen molar-refractivity contribution in [3.63, 3.8) is 0 Å². The minimum atomic E-state index is 0.295. The Morgan fingerprint density at radius 2 is 2.21 bits per heavy atom. The first-order valence-electron chi connectivity index (χ1n) is 9.63. The van der Waals surface area contributed by atoms with Gasteiger partial charge in [0.15, 0.2) is 0 Å². The Kier molecular flexibility index (Phi) is 4.61. The molecule has 1 saturated carbocycles. The molecule has 1 aliphatic carbocycles.